The Bertz CT molecular complexity index is 285. The largest absolute Gasteiger partial charge is 0.504 e. The molecule has 0 aliphatic heterocycles. The lowest BCUT2D eigenvalue weighted by atomic mass is 10.3. The van der Waals surface area contributed by atoms with Crippen LogP contribution in [0.3, 0.4) is 0 Å². The van der Waals surface area contributed by atoms with Crippen LogP contribution in [0.5, 0.6) is 11.5 Å². The van der Waals surface area contributed by atoms with Crippen molar-refractivity contribution in [1.82, 2.24) is 4.98 Å². The van der Waals surface area contributed by atoms with E-state index in [0.717, 1.165) is 6.21 Å². The summed E-state index contributed by atoms with van der Waals surface area (Å²) in [6, 6.07) is 1.23. The Morgan fingerprint density at radius 2 is 2.18 bits per heavy atom. The van der Waals surface area contributed by atoms with Gasteiger partial charge in [0.15, 0.2) is 11.5 Å². The molecule has 1 rings (SSSR count). The molecular weight excluding hydrogens is 148 g/mol. The molecule has 0 bridgehead atoms. The number of nitrogens with zero attached hydrogens (tertiary/aromatic N) is 2. The van der Waals surface area contributed by atoms with Crippen LogP contribution in [0.15, 0.2) is 17.4 Å². The zero-order chi connectivity index (χ0) is 8.27. The van der Waals surface area contributed by atoms with Crippen molar-refractivity contribution < 1.29 is 15.4 Å². The van der Waals surface area contributed by atoms with Gasteiger partial charge >= 0.3 is 0 Å². The molecule has 0 saturated heterocycles. The van der Waals surface area contributed by atoms with Crippen molar-refractivity contribution >= 4 is 6.21 Å². The van der Waals surface area contributed by atoms with Gasteiger partial charge in [-0.25, -0.2) is 0 Å². The predicted octanol–water partition coefficient (Wildman–Crippen LogP) is 0.301. The van der Waals surface area contributed by atoms with Crippen LogP contribution in [0, 0.1) is 0 Å². The normalized spacial score (nSPS) is 10.5. The monoisotopic (exact) mass is 154 g/mol. The van der Waals surface area contributed by atoms with Gasteiger partial charge in [0, 0.05) is 12.3 Å². The molecule has 0 atom stereocenters. The van der Waals surface area contributed by atoms with Crippen molar-refractivity contribution in [3.63, 3.8) is 0 Å². The summed E-state index contributed by atoms with van der Waals surface area (Å²) in [4.78, 5) is 3.61. The zero-order valence-corrected chi connectivity index (χ0v) is 5.47. The number of aromatic nitrogens is 1. The molecule has 0 amide bonds. The summed E-state index contributed by atoms with van der Waals surface area (Å²) in [5.74, 6) is -0.694. The van der Waals surface area contributed by atoms with Gasteiger partial charge in [-0.05, 0) is 0 Å². The third-order valence-corrected chi connectivity index (χ3v) is 1.11. The second-order valence-electron chi connectivity index (χ2n) is 1.81. The maximum absolute atomic E-state index is 9.01. The number of hydrogen-bond acceptors (Lipinski definition) is 5. The Balaban J connectivity index is 3.16. The average molecular weight is 154 g/mol. The van der Waals surface area contributed by atoms with Gasteiger partial charge in [0.25, 0.3) is 0 Å². The van der Waals surface area contributed by atoms with Gasteiger partial charge in [0.1, 0.15) is 5.69 Å². The van der Waals surface area contributed by atoms with E-state index in [0.29, 0.717) is 0 Å². The Morgan fingerprint density at radius 1 is 1.45 bits per heavy atom. The highest BCUT2D eigenvalue weighted by Gasteiger charge is 2.03. The molecule has 3 N–H and O–H groups in total. The van der Waals surface area contributed by atoms with Crippen LogP contribution in [0.2, 0.25) is 0 Å². The first-order chi connectivity index (χ1) is 5.25. The lowest BCUT2D eigenvalue weighted by molar-refractivity contribution is 0.321. The van der Waals surface area contributed by atoms with E-state index in [1.807, 2.05) is 0 Å². The fourth-order valence-corrected chi connectivity index (χ4v) is 0.609. The molecule has 5 nitrogen and oxygen atoms in total. The molecule has 0 aliphatic carbocycles. The number of aromatic hydroxyl groups is 2. The molecule has 0 radical (unpaired) electrons. The third-order valence-electron chi connectivity index (χ3n) is 1.11. The maximum Gasteiger partial charge on any atom is 0.185 e. The van der Waals surface area contributed by atoms with Gasteiger partial charge < -0.3 is 15.4 Å². The van der Waals surface area contributed by atoms with E-state index < -0.39 is 5.75 Å². The van der Waals surface area contributed by atoms with Crippen molar-refractivity contribution in [2.45, 2.75) is 0 Å². The lowest BCUT2D eigenvalue weighted by Gasteiger charge is -1.97. The molecule has 58 valence electrons. The molecule has 11 heavy (non-hydrogen) atoms. The Hall–Kier alpha value is -1.78. The Kier molecular flexibility index (Phi) is 1.91. The molecule has 1 aromatic heterocycles. The first kappa shape index (κ1) is 7.33. The van der Waals surface area contributed by atoms with Gasteiger partial charge in [-0.1, -0.05) is 5.16 Å². The van der Waals surface area contributed by atoms with E-state index >= 15 is 0 Å². The van der Waals surface area contributed by atoms with Gasteiger partial charge in [-0.3, -0.25) is 4.98 Å². The zero-order valence-electron chi connectivity index (χ0n) is 5.47. The summed E-state index contributed by atoms with van der Waals surface area (Å²) in [7, 11) is 0. The average Bonchev–Trinajstić information content (AvgIpc) is 1.99. The second-order valence-corrected chi connectivity index (χ2v) is 1.81. The first-order valence-electron chi connectivity index (χ1n) is 2.80. The third kappa shape index (κ3) is 1.37. The molecule has 0 aromatic carbocycles. The maximum atomic E-state index is 9.01. The van der Waals surface area contributed by atoms with Crippen LogP contribution in [-0.2, 0) is 0 Å². The minimum Gasteiger partial charge on any atom is -0.504 e. The van der Waals surface area contributed by atoms with E-state index in [9.17, 15) is 0 Å². The van der Waals surface area contributed by atoms with Crippen LogP contribution >= 0.6 is 0 Å². The van der Waals surface area contributed by atoms with Crippen molar-refractivity contribution in [3.8, 4) is 11.5 Å². The van der Waals surface area contributed by atoms with Crippen LogP contribution in [0.4, 0.5) is 0 Å². The summed E-state index contributed by atoms with van der Waals surface area (Å²) < 4.78 is 0. The summed E-state index contributed by atoms with van der Waals surface area (Å²) in [5, 5.41) is 28.6. The summed E-state index contributed by atoms with van der Waals surface area (Å²) in [6.45, 7) is 0. The minimum absolute atomic E-state index is 0.0208. The molecule has 5 heteroatoms. The van der Waals surface area contributed by atoms with E-state index in [-0.39, 0.29) is 11.4 Å². The van der Waals surface area contributed by atoms with E-state index in [1.54, 1.807) is 0 Å². The molecule has 1 heterocycles. The molecule has 0 unspecified atom stereocenters. The van der Waals surface area contributed by atoms with Crippen LogP contribution in [0.1, 0.15) is 5.69 Å². The highest BCUT2D eigenvalue weighted by atomic mass is 16.4. The van der Waals surface area contributed by atoms with Crippen LogP contribution in [-0.4, -0.2) is 26.6 Å². The van der Waals surface area contributed by atoms with Gasteiger partial charge in [0.05, 0.1) is 6.21 Å². The second kappa shape index (κ2) is 2.87. The first-order valence-corrected chi connectivity index (χ1v) is 2.80. The lowest BCUT2D eigenvalue weighted by Crippen LogP contribution is -1.87. The number of pyridine rings is 1. The van der Waals surface area contributed by atoms with Gasteiger partial charge in [0.2, 0.25) is 0 Å². The molecule has 0 spiro atoms. The molecule has 1 aromatic rings. The van der Waals surface area contributed by atoms with E-state index in [4.69, 9.17) is 15.4 Å². The number of oxime groups is 1. The van der Waals surface area contributed by atoms with Crippen LogP contribution < -0.4 is 0 Å². The van der Waals surface area contributed by atoms with Crippen molar-refractivity contribution in [2.75, 3.05) is 0 Å². The number of rotatable bonds is 1. The SMILES string of the molecule is ON=Cc1nccc(O)c1O. The summed E-state index contributed by atoms with van der Waals surface area (Å²) >= 11 is 0. The summed E-state index contributed by atoms with van der Waals surface area (Å²) in [5.41, 5.74) is 0.0208. The fourth-order valence-electron chi connectivity index (χ4n) is 0.609. The van der Waals surface area contributed by atoms with E-state index in [2.05, 4.69) is 10.1 Å². The molecule has 0 saturated carbocycles. The predicted molar refractivity (Wildman–Crippen MR) is 36.9 cm³/mol. The molecular formula is C6H6N2O3. The smallest absolute Gasteiger partial charge is 0.185 e. The Labute approximate surface area is 62.2 Å². The quantitative estimate of drug-likeness (QED) is 0.308. The number of hydrogen-bond donors (Lipinski definition) is 3. The molecule has 0 aliphatic rings. The van der Waals surface area contributed by atoms with Crippen molar-refractivity contribution in [3.05, 3.63) is 18.0 Å². The standard InChI is InChI=1S/C6H6N2O3/c9-5-1-2-7-4(3-8-11)6(5)10/h1-3,10-11H,(H,7,9). The highest BCUT2D eigenvalue weighted by molar-refractivity contribution is 5.81. The highest BCUT2D eigenvalue weighted by Crippen LogP contribution is 2.24. The topological polar surface area (TPSA) is 85.9 Å². The molecule has 0 fully saturated rings. The van der Waals surface area contributed by atoms with Crippen molar-refractivity contribution in [2.24, 2.45) is 5.16 Å². The van der Waals surface area contributed by atoms with Crippen LogP contribution in [0.25, 0.3) is 0 Å². The minimum atomic E-state index is -0.398. The Morgan fingerprint density at radius 3 is 2.82 bits per heavy atom. The van der Waals surface area contributed by atoms with Gasteiger partial charge in [-0.2, -0.15) is 0 Å². The fraction of sp³-hybridized carbons (Fsp3) is 0. The van der Waals surface area contributed by atoms with Gasteiger partial charge in [-0.15, -0.1) is 0 Å². The van der Waals surface area contributed by atoms with Crippen molar-refractivity contribution in [1.29, 1.82) is 0 Å². The summed E-state index contributed by atoms with van der Waals surface area (Å²) in [6.07, 6.45) is 2.21. The van der Waals surface area contributed by atoms with E-state index in [1.165, 1.54) is 12.3 Å².